The van der Waals surface area contributed by atoms with Gasteiger partial charge in [-0.25, -0.2) is 0 Å². The third-order valence-corrected chi connectivity index (χ3v) is 11.2. The fraction of sp³-hybridized carbons (Fsp3) is 0. The molecule has 8 aromatic carbocycles. The summed E-state index contributed by atoms with van der Waals surface area (Å²) in [6.07, 6.45) is 0. The van der Waals surface area contributed by atoms with Gasteiger partial charge in [0.05, 0.1) is 33.0 Å². The van der Waals surface area contributed by atoms with E-state index in [2.05, 4.69) is 202 Å². The molecule has 0 unspecified atom stereocenters. The van der Waals surface area contributed by atoms with Crippen molar-refractivity contribution in [3.05, 3.63) is 188 Å². The Morgan fingerprint density at radius 2 is 0.833 bits per heavy atom. The average Bonchev–Trinajstić information content (AvgIpc) is 3.97. The molecule has 0 amide bonds. The Morgan fingerprint density at radius 1 is 0.315 bits per heavy atom. The van der Waals surface area contributed by atoms with E-state index in [0.29, 0.717) is 0 Å². The Balaban J connectivity index is 1.07. The van der Waals surface area contributed by atoms with Gasteiger partial charge in [-0.15, -0.1) is 0 Å². The number of fused-ring (bicyclic) bond motifs is 11. The van der Waals surface area contributed by atoms with E-state index in [9.17, 15) is 0 Å². The lowest BCUT2D eigenvalue weighted by molar-refractivity contribution is 0.645. The maximum atomic E-state index is 6.75. The standard InChI is InChI=1S/C50H31N3O/c1-2-15-33(16-3-1)53-45-26-11-7-21-40(45)49-48-36(22-13-27-47(48)54-50(49)53)32-14-12-17-34(30-32)51-44-25-10-6-20-39(44)41-31-35(28-29-46(41)51)52-42-23-8-4-18-37(42)38-19-5-9-24-43(38)52/h1-31H. The van der Waals surface area contributed by atoms with Gasteiger partial charge in [-0.3, -0.25) is 4.57 Å². The molecule has 252 valence electrons. The molecule has 0 atom stereocenters. The van der Waals surface area contributed by atoms with Crippen LogP contribution in [0, 0.1) is 0 Å². The molecule has 0 N–H and O–H groups in total. The zero-order valence-electron chi connectivity index (χ0n) is 29.1. The largest absolute Gasteiger partial charge is 0.439 e. The molecule has 12 rings (SSSR count). The van der Waals surface area contributed by atoms with Crippen LogP contribution in [-0.4, -0.2) is 13.7 Å². The highest BCUT2D eigenvalue weighted by atomic mass is 16.3. The lowest BCUT2D eigenvalue weighted by atomic mass is 9.98. The Morgan fingerprint density at radius 3 is 1.52 bits per heavy atom. The van der Waals surface area contributed by atoms with Crippen molar-refractivity contribution in [2.45, 2.75) is 0 Å². The van der Waals surface area contributed by atoms with Crippen LogP contribution in [0.25, 0.3) is 105 Å². The van der Waals surface area contributed by atoms with Crippen molar-refractivity contribution in [1.82, 2.24) is 13.7 Å². The van der Waals surface area contributed by atoms with Gasteiger partial charge in [0.25, 0.3) is 0 Å². The lowest BCUT2D eigenvalue weighted by Crippen LogP contribution is -1.96. The normalized spacial score (nSPS) is 12.1. The summed E-state index contributed by atoms with van der Waals surface area (Å²) in [5.74, 6) is 0. The number of benzene rings is 8. The molecule has 4 heteroatoms. The summed E-state index contributed by atoms with van der Waals surface area (Å²) in [5.41, 5.74) is 13.3. The van der Waals surface area contributed by atoms with Gasteiger partial charge >= 0.3 is 0 Å². The predicted octanol–water partition coefficient (Wildman–Crippen LogP) is 13.4. The van der Waals surface area contributed by atoms with E-state index in [1.807, 2.05) is 0 Å². The summed E-state index contributed by atoms with van der Waals surface area (Å²) in [5, 5.41) is 8.44. The highest BCUT2D eigenvalue weighted by molar-refractivity contribution is 6.23. The minimum Gasteiger partial charge on any atom is -0.439 e. The van der Waals surface area contributed by atoms with Gasteiger partial charge in [0.2, 0.25) is 5.71 Å². The van der Waals surface area contributed by atoms with E-state index in [1.54, 1.807) is 0 Å². The molecule has 0 radical (unpaired) electrons. The number of rotatable bonds is 4. The minimum absolute atomic E-state index is 0.863. The van der Waals surface area contributed by atoms with E-state index >= 15 is 0 Å². The predicted molar refractivity (Wildman–Crippen MR) is 225 cm³/mol. The van der Waals surface area contributed by atoms with Gasteiger partial charge in [-0.05, 0) is 83.9 Å². The van der Waals surface area contributed by atoms with Crippen molar-refractivity contribution in [3.63, 3.8) is 0 Å². The van der Waals surface area contributed by atoms with Crippen molar-refractivity contribution in [1.29, 1.82) is 0 Å². The van der Waals surface area contributed by atoms with Gasteiger partial charge in [0, 0.05) is 49.4 Å². The van der Waals surface area contributed by atoms with E-state index in [-0.39, 0.29) is 0 Å². The second-order valence-corrected chi connectivity index (χ2v) is 14.1. The van der Waals surface area contributed by atoms with Crippen molar-refractivity contribution in [3.8, 4) is 28.2 Å². The molecule has 4 nitrogen and oxygen atoms in total. The number of nitrogens with zero attached hydrogens (tertiary/aromatic N) is 3. The van der Waals surface area contributed by atoms with Gasteiger partial charge in [0.1, 0.15) is 5.58 Å². The Kier molecular flexibility index (Phi) is 6.02. The number of hydrogen-bond donors (Lipinski definition) is 0. The SMILES string of the molecule is c1ccc(-n2c3ccccc3c3c4c(-c5cccc(-n6c7ccccc7c7cc(-n8c9ccccc9c9ccccc98)ccc76)c5)cccc4oc32)cc1. The molecule has 0 saturated carbocycles. The molecule has 0 aliphatic carbocycles. The van der Waals surface area contributed by atoms with Crippen LogP contribution < -0.4 is 0 Å². The van der Waals surface area contributed by atoms with Crippen LogP contribution in [0.2, 0.25) is 0 Å². The van der Waals surface area contributed by atoms with E-state index in [0.717, 1.165) is 55.8 Å². The van der Waals surface area contributed by atoms with Crippen LogP contribution in [0.1, 0.15) is 0 Å². The van der Waals surface area contributed by atoms with Crippen LogP contribution in [0.4, 0.5) is 0 Å². The lowest BCUT2D eigenvalue weighted by Gasteiger charge is -2.12. The highest BCUT2D eigenvalue weighted by Crippen LogP contribution is 2.44. The highest BCUT2D eigenvalue weighted by Gasteiger charge is 2.22. The van der Waals surface area contributed by atoms with Crippen molar-refractivity contribution < 1.29 is 4.42 Å². The van der Waals surface area contributed by atoms with E-state index < -0.39 is 0 Å². The molecular formula is C50H31N3O. The maximum absolute atomic E-state index is 6.75. The molecule has 4 heterocycles. The number of aromatic nitrogens is 3. The van der Waals surface area contributed by atoms with Gasteiger partial charge < -0.3 is 13.6 Å². The molecule has 4 aromatic heterocycles. The second-order valence-electron chi connectivity index (χ2n) is 14.1. The van der Waals surface area contributed by atoms with Gasteiger partial charge in [-0.1, -0.05) is 115 Å². The van der Waals surface area contributed by atoms with Crippen LogP contribution in [0.15, 0.2) is 192 Å². The summed E-state index contributed by atoms with van der Waals surface area (Å²) >= 11 is 0. The molecule has 0 aliphatic heterocycles. The summed E-state index contributed by atoms with van der Waals surface area (Å²) in [7, 11) is 0. The summed E-state index contributed by atoms with van der Waals surface area (Å²) in [6.45, 7) is 0. The number of para-hydroxylation sites is 5. The van der Waals surface area contributed by atoms with Crippen LogP contribution in [0.5, 0.6) is 0 Å². The third-order valence-electron chi connectivity index (χ3n) is 11.2. The molecular weight excluding hydrogens is 659 g/mol. The van der Waals surface area contributed by atoms with E-state index in [4.69, 9.17) is 4.42 Å². The first-order valence-electron chi connectivity index (χ1n) is 18.4. The summed E-state index contributed by atoms with van der Waals surface area (Å²) < 4.78 is 13.8. The first kappa shape index (κ1) is 29.3. The van der Waals surface area contributed by atoms with Crippen LogP contribution >= 0.6 is 0 Å². The zero-order valence-corrected chi connectivity index (χ0v) is 29.1. The average molecular weight is 690 g/mol. The van der Waals surface area contributed by atoms with Crippen LogP contribution in [-0.2, 0) is 0 Å². The molecule has 0 spiro atoms. The Hall–Kier alpha value is -7.30. The number of hydrogen-bond acceptors (Lipinski definition) is 1. The van der Waals surface area contributed by atoms with Crippen molar-refractivity contribution in [2.24, 2.45) is 0 Å². The Bertz CT molecular complexity index is 3390. The molecule has 0 bridgehead atoms. The smallest absolute Gasteiger partial charge is 0.213 e. The van der Waals surface area contributed by atoms with E-state index in [1.165, 1.54) is 49.0 Å². The fourth-order valence-corrected chi connectivity index (χ4v) is 9.00. The Labute approximate surface area is 309 Å². The van der Waals surface area contributed by atoms with Gasteiger partial charge in [-0.2, -0.15) is 0 Å². The topological polar surface area (TPSA) is 27.9 Å². The summed E-state index contributed by atoms with van der Waals surface area (Å²) in [4.78, 5) is 0. The third kappa shape index (κ3) is 4.02. The molecule has 0 fully saturated rings. The maximum Gasteiger partial charge on any atom is 0.213 e. The quantitative estimate of drug-likeness (QED) is 0.181. The van der Waals surface area contributed by atoms with Gasteiger partial charge in [0.15, 0.2) is 0 Å². The first-order chi connectivity index (χ1) is 26.8. The minimum atomic E-state index is 0.863. The molecule has 54 heavy (non-hydrogen) atoms. The van der Waals surface area contributed by atoms with Crippen molar-refractivity contribution in [2.75, 3.05) is 0 Å². The second kappa shape index (κ2) is 11.1. The molecule has 12 aromatic rings. The first-order valence-corrected chi connectivity index (χ1v) is 18.4. The zero-order chi connectivity index (χ0) is 35.3. The monoisotopic (exact) mass is 689 g/mol. The molecule has 0 aliphatic rings. The molecule has 0 saturated heterocycles. The number of furan rings is 1. The van der Waals surface area contributed by atoms with Crippen LogP contribution in [0.3, 0.4) is 0 Å². The van der Waals surface area contributed by atoms with Crippen molar-refractivity contribution >= 4 is 76.6 Å². The fourth-order valence-electron chi connectivity index (χ4n) is 9.00. The summed E-state index contributed by atoms with van der Waals surface area (Å²) in [6, 6.07) is 67.6.